The van der Waals surface area contributed by atoms with Crippen molar-refractivity contribution in [1.29, 1.82) is 0 Å². The number of rotatable bonds is 7. The summed E-state index contributed by atoms with van der Waals surface area (Å²) >= 11 is 0. The topological polar surface area (TPSA) is 78.5 Å². The predicted octanol–water partition coefficient (Wildman–Crippen LogP) is 2.85. The van der Waals surface area contributed by atoms with E-state index in [2.05, 4.69) is 10.6 Å². The number of carbonyl (C=O) groups excluding carboxylic acids is 3. The molecule has 1 aliphatic rings. The maximum absolute atomic E-state index is 12.3. The summed E-state index contributed by atoms with van der Waals surface area (Å²) in [5.41, 5.74) is 2.95. The Labute approximate surface area is 164 Å². The van der Waals surface area contributed by atoms with Gasteiger partial charge in [-0.15, -0.1) is 0 Å². The number of amides is 2. The summed E-state index contributed by atoms with van der Waals surface area (Å²) < 4.78 is 0. The van der Waals surface area contributed by atoms with Gasteiger partial charge in [0.15, 0.2) is 5.78 Å². The van der Waals surface area contributed by atoms with Gasteiger partial charge in [0.1, 0.15) is 0 Å². The number of Topliss-reactive ketones (excluding diaryl/α,β-unsaturated/α-hetero) is 1. The molecule has 1 aliphatic heterocycles. The first-order valence-electron chi connectivity index (χ1n) is 9.53. The summed E-state index contributed by atoms with van der Waals surface area (Å²) in [5, 5.41) is 5.86. The van der Waals surface area contributed by atoms with Crippen LogP contribution in [0, 0.1) is 0 Å². The minimum atomic E-state index is -0.148. The maximum atomic E-state index is 12.3. The van der Waals surface area contributed by atoms with Gasteiger partial charge in [0.25, 0.3) is 5.91 Å². The molecule has 6 nitrogen and oxygen atoms in total. The second kappa shape index (κ2) is 9.17. The fraction of sp³-hybridized carbons (Fsp3) is 0.318. The van der Waals surface area contributed by atoms with Gasteiger partial charge in [-0.1, -0.05) is 24.3 Å². The largest absolute Gasteiger partial charge is 0.376 e. The zero-order valence-electron chi connectivity index (χ0n) is 16.0. The Balaban J connectivity index is 1.46. The van der Waals surface area contributed by atoms with Crippen LogP contribution in [0.2, 0.25) is 0 Å². The third kappa shape index (κ3) is 5.19. The van der Waals surface area contributed by atoms with E-state index in [4.69, 9.17) is 0 Å². The van der Waals surface area contributed by atoms with E-state index in [-0.39, 0.29) is 24.1 Å². The van der Waals surface area contributed by atoms with Crippen molar-refractivity contribution in [3.05, 3.63) is 65.2 Å². The Morgan fingerprint density at radius 2 is 1.68 bits per heavy atom. The number of ketones is 1. The molecular weight excluding hydrogens is 354 g/mol. The molecule has 0 unspecified atom stereocenters. The Morgan fingerprint density at radius 1 is 0.964 bits per heavy atom. The van der Waals surface area contributed by atoms with Crippen molar-refractivity contribution in [3.63, 3.8) is 0 Å². The lowest BCUT2D eigenvalue weighted by Gasteiger charge is -2.15. The van der Waals surface area contributed by atoms with Crippen LogP contribution in [0.25, 0.3) is 0 Å². The number of hydrogen-bond donors (Lipinski definition) is 2. The van der Waals surface area contributed by atoms with Crippen LogP contribution in [0.5, 0.6) is 0 Å². The summed E-state index contributed by atoms with van der Waals surface area (Å²) in [5.74, 6) is -0.0877. The molecule has 1 heterocycles. The number of nitrogens with zero attached hydrogens (tertiary/aromatic N) is 1. The van der Waals surface area contributed by atoms with Gasteiger partial charge < -0.3 is 15.5 Å². The fourth-order valence-corrected chi connectivity index (χ4v) is 3.16. The molecule has 0 atom stereocenters. The summed E-state index contributed by atoms with van der Waals surface area (Å²) in [6.45, 7) is 3.69. The zero-order chi connectivity index (χ0) is 19.9. The van der Waals surface area contributed by atoms with Gasteiger partial charge in [-0.25, -0.2) is 0 Å². The third-order valence-corrected chi connectivity index (χ3v) is 4.81. The van der Waals surface area contributed by atoms with Crippen LogP contribution in [-0.4, -0.2) is 42.1 Å². The van der Waals surface area contributed by atoms with Gasteiger partial charge >= 0.3 is 0 Å². The Bertz CT molecular complexity index is 856. The van der Waals surface area contributed by atoms with E-state index < -0.39 is 0 Å². The molecule has 2 aromatic rings. The lowest BCUT2D eigenvalue weighted by Crippen LogP contribution is -2.29. The van der Waals surface area contributed by atoms with Crippen molar-refractivity contribution in [2.45, 2.75) is 26.3 Å². The summed E-state index contributed by atoms with van der Waals surface area (Å²) in [7, 11) is 0. The molecule has 3 rings (SSSR count). The van der Waals surface area contributed by atoms with E-state index in [1.807, 2.05) is 35.2 Å². The standard InChI is InChI=1S/C22H25N3O3/c1-16(26)19-5-4-6-20(13-19)23-15-21(27)24-14-17-7-9-18(10-8-17)22(28)25-11-2-3-12-25/h4-10,13,23H,2-3,11-12,14-15H2,1H3,(H,24,27). The molecule has 0 aliphatic carbocycles. The first-order valence-corrected chi connectivity index (χ1v) is 9.53. The molecule has 2 N–H and O–H groups in total. The third-order valence-electron chi connectivity index (χ3n) is 4.81. The predicted molar refractivity (Wildman–Crippen MR) is 108 cm³/mol. The normalized spacial score (nSPS) is 13.2. The first-order chi connectivity index (χ1) is 13.5. The highest BCUT2D eigenvalue weighted by Gasteiger charge is 2.19. The van der Waals surface area contributed by atoms with E-state index in [1.54, 1.807) is 18.2 Å². The van der Waals surface area contributed by atoms with Crippen molar-refractivity contribution in [2.75, 3.05) is 25.0 Å². The Morgan fingerprint density at radius 3 is 2.36 bits per heavy atom. The maximum Gasteiger partial charge on any atom is 0.253 e. The van der Waals surface area contributed by atoms with Gasteiger partial charge in [0, 0.05) is 36.4 Å². The fourth-order valence-electron chi connectivity index (χ4n) is 3.16. The minimum absolute atomic E-state index is 0.0141. The highest BCUT2D eigenvalue weighted by molar-refractivity contribution is 5.95. The molecule has 2 amide bonds. The highest BCUT2D eigenvalue weighted by Crippen LogP contribution is 2.14. The average molecular weight is 379 g/mol. The molecule has 6 heteroatoms. The van der Waals surface area contributed by atoms with E-state index >= 15 is 0 Å². The molecule has 2 aromatic carbocycles. The minimum Gasteiger partial charge on any atom is -0.376 e. The first kappa shape index (κ1) is 19.6. The van der Waals surface area contributed by atoms with Gasteiger partial charge in [0.05, 0.1) is 6.54 Å². The number of hydrogen-bond acceptors (Lipinski definition) is 4. The molecule has 0 spiro atoms. The van der Waals surface area contributed by atoms with Crippen molar-refractivity contribution >= 4 is 23.3 Å². The van der Waals surface area contributed by atoms with Crippen LogP contribution in [0.3, 0.4) is 0 Å². The zero-order valence-corrected chi connectivity index (χ0v) is 16.0. The summed E-state index contributed by atoms with van der Waals surface area (Å²) in [4.78, 5) is 37.7. The van der Waals surface area contributed by atoms with Crippen molar-refractivity contribution < 1.29 is 14.4 Å². The SMILES string of the molecule is CC(=O)c1cccc(NCC(=O)NCc2ccc(C(=O)N3CCCC3)cc2)c1. The van der Waals surface area contributed by atoms with Crippen molar-refractivity contribution in [3.8, 4) is 0 Å². The molecule has 0 bridgehead atoms. The number of carbonyl (C=O) groups is 3. The second-order valence-corrected chi connectivity index (χ2v) is 6.96. The van der Waals surface area contributed by atoms with Crippen LogP contribution in [0.1, 0.15) is 46.0 Å². The molecule has 0 aromatic heterocycles. The number of nitrogens with one attached hydrogen (secondary N) is 2. The van der Waals surface area contributed by atoms with Gasteiger partial charge in [0.2, 0.25) is 5.91 Å². The monoisotopic (exact) mass is 379 g/mol. The Kier molecular flexibility index (Phi) is 6.42. The molecule has 146 valence electrons. The van der Waals surface area contributed by atoms with Gasteiger partial charge in [-0.3, -0.25) is 14.4 Å². The average Bonchev–Trinajstić information content (AvgIpc) is 3.25. The quantitative estimate of drug-likeness (QED) is 0.725. The van der Waals surface area contributed by atoms with Crippen LogP contribution in [0.4, 0.5) is 5.69 Å². The van der Waals surface area contributed by atoms with Crippen LogP contribution < -0.4 is 10.6 Å². The van der Waals surface area contributed by atoms with Crippen molar-refractivity contribution in [1.82, 2.24) is 10.2 Å². The van der Waals surface area contributed by atoms with Crippen LogP contribution in [0.15, 0.2) is 48.5 Å². The Hall–Kier alpha value is -3.15. The van der Waals surface area contributed by atoms with E-state index in [1.165, 1.54) is 6.92 Å². The number of likely N-dealkylation sites (tertiary alicyclic amines) is 1. The second-order valence-electron chi connectivity index (χ2n) is 6.96. The molecule has 28 heavy (non-hydrogen) atoms. The number of anilines is 1. The summed E-state index contributed by atoms with van der Waals surface area (Å²) in [6.07, 6.45) is 2.14. The van der Waals surface area contributed by atoms with Gasteiger partial charge in [-0.2, -0.15) is 0 Å². The van der Waals surface area contributed by atoms with Crippen LogP contribution >= 0.6 is 0 Å². The van der Waals surface area contributed by atoms with Crippen molar-refractivity contribution in [2.24, 2.45) is 0 Å². The molecule has 0 saturated carbocycles. The molecule has 0 radical (unpaired) electrons. The summed E-state index contributed by atoms with van der Waals surface area (Å²) in [6, 6.07) is 14.4. The van der Waals surface area contributed by atoms with Crippen LogP contribution in [-0.2, 0) is 11.3 Å². The smallest absolute Gasteiger partial charge is 0.253 e. The number of benzene rings is 2. The van der Waals surface area contributed by atoms with E-state index in [0.717, 1.165) is 37.2 Å². The molecule has 1 fully saturated rings. The molecular formula is C22H25N3O3. The lowest BCUT2D eigenvalue weighted by atomic mass is 10.1. The molecule has 1 saturated heterocycles. The van der Waals surface area contributed by atoms with Gasteiger partial charge in [-0.05, 0) is 49.6 Å². The highest BCUT2D eigenvalue weighted by atomic mass is 16.2. The van der Waals surface area contributed by atoms with E-state index in [9.17, 15) is 14.4 Å². The lowest BCUT2D eigenvalue weighted by molar-refractivity contribution is -0.119. The van der Waals surface area contributed by atoms with E-state index in [0.29, 0.717) is 17.7 Å².